The zero-order valence-electron chi connectivity index (χ0n) is 20.2. The Morgan fingerprint density at radius 2 is 1.94 bits per heavy atom. The molecule has 0 saturated carbocycles. The van der Waals surface area contributed by atoms with E-state index in [4.69, 9.17) is 20.6 Å². The third kappa shape index (κ3) is 7.40. The summed E-state index contributed by atoms with van der Waals surface area (Å²) in [4.78, 5) is 28.0. The van der Waals surface area contributed by atoms with E-state index in [-0.39, 0.29) is 31.3 Å². The SMILES string of the molecule is C#Cc1cc(CC(OC(C)C)C(=O)OCC)cc(Cc2[nH]ccc2C(=O)OC(C)(C)C)c1O. The van der Waals surface area contributed by atoms with Crippen LogP contribution in [0.1, 0.15) is 74.3 Å². The maximum atomic E-state index is 12.6. The molecule has 178 valence electrons. The molecule has 0 aliphatic heterocycles. The highest BCUT2D eigenvalue weighted by molar-refractivity contribution is 5.91. The molecular weight excluding hydrogens is 422 g/mol. The molecule has 1 unspecified atom stereocenters. The molecule has 0 radical (unpaired) electrons. The van der Waals surface area contributed by atoms with Crippen LogP contribution in [-0.4, -0.2) is 46.4 Å². The summed E-state index contributed by atoms with van der Waals surface area (Å²) in [6.07, 6.45) is 6.70. The van der Waals surface area contributed by atoms with Gasteiger partial charge in [-0.3, -0.25) is 0 Å². The molecule has 0 saturated heterocycles. The van der Waals surface area contributed by atoms with E-state index in [1.807, 2.05) is 13.8 Å². The Balaban J connectivity index is 2.38. The number of nitrogens with one attached hydrogen (secondary N) is 1. The second-order valence-corrected chi connectivity index (χ2v) is 8.97. The van der Waals surface area contributed by atoms with Gasteiger partial charge in [0.05, 0.1) is 23.8 Å². The van der Waals surface area contributed by atoms with E-state index in [9.17, 15) is 14.7 Å². The fourth-order valence-electron chi connectivity index (χ4n) is 3.35. The normalized spacial score (nSPS) is 12.3. The van der Waals surface area contributed by atoms with Crippen LogP contribution in [0.2, 0.25) is 0 Å². The number of rotatable bonds is 9. The number of carbonyl (C=O) groups is 2. The highest BCUT2D eigenvalue weighted by atomic mass is 16.6. The van der Waals surface area contributed by atoms with Crippen molar-refractivity contribution in [2.45, 2.75) is 72.2 Å². The highest BCUT2D eigenvalue weighted by Crippen LogP contribution is 2.29. The first kappa shape index (κ1) is 26.0. The van der Waals surface area contributed by atoms with Gasteiger partial charge in [-0.15, -0.1) is 6.42 Å². The van der Waals surface area contributed by atoms with Gasteiger partial charge in [0.15, 0.2) is 6.10 Å². The van der Waals surface area contributed by atoms with E-state index in [0.717, 1.165) is 0 Å². The largest absolute Gasteiger partial charge is 0.506 e. The van der Waals surface area contributed by atoms with Gasteiger partial charge in [-0.1, -0.05) is 12.0 Å². The molecule has 7 nitrogen and oxygen atoms in total. The molecule has 1 aromatic heterocycles. The van der Waals surface area contributed by atoms with Gasteiger partial charge in [-0.25, -0.2) is 9.59 Å². The molecule has 0 spiro atoms. The molecule has 1 atom stereocenters. The minimum absolute atomic E-state index is 0.0524. The molecule has 0 amide bonds. The van der Waals surface area contributed by atoms with Crippen molar-refractivity contribution in [2.24, 2.45) is 0 Å². The Kier molecular flexibility index (Phi) is 8.72. The Morgan fingerprint density at radius 3 is 2.52 bits per heavy atom. The third-order valence-electron chi connectivity index (χ3n) is 4.63. The van der Waals surface area contributed by atoms with Gasteiger partial charge in [-0.2, -0.15) is 0 Å². The fraction of sp³-hybridized carbons (Fsp3) is 0.462. The van der Waals surface area contributed by atoms with Crippen LogP contribution in [0, 0.1) is 12.3 Å². The monoisotopic (exact) mass is 455 g/mol. The van der Waals surface area contributed by atoms with E-state index in [0.29, 0.717) is 27.9 Å². The summed E-state index contributed by atoms with van der Waals surface area (Å²) < 4.78 is 16.4. The number of H-pyrrole nitrogens is 1. The van der Waals surface area contributed by atoms with Crippen molar-refractivity contribution in [1.29, 1.82) is 0 Å². The molecule has 2 aromatic rings. The zero-order chi connectivity index (χ0) is 24.8. The van der Waals surface area contributed by atoms with Crippen LogP contribution in [0.4, 0.5) is 0 Å². The van der Waals surface area contributed by atoms with Crippen LogP contribution in [0.15, 0.2) is 24.4 Å². The molecule has 0 aliphatic rings. The number of esters is 2. The Hall–Kier alpha value is -3.24. The van der Waals surface area contributed by atoms with Crippen LogP contribution in [0.3, 0.4) is 0 Å². The zero-order valence-corrected chi connectivity index (χ0v) is 20.2. The van der Waals surface area contributed by atoms with Crippen molar-refractivity contribution in [3.8, 4) is 18.1 Å². The van der Waals surface area contributed by atoms with Gasteiger partial charge in [0.1, 0.15) is 11.4 Å². The summed E-state index contributed by atoms with van der Waals surface area (Å²) in [5, 5.41) is 10.7. The lowest BCUT2D eigenvalue weighted by Gasteiger charge is -2.20. The second kappa shape index (κ2) is 11.1. The number of aromatic amines is 1. The van der Waals surface area contributed by atoms with Gasteiger partial charge in [0.2, 0.25) is 0 Å². The van der Waals surface area contributed by atoms with E-state index in [1.54, 1.807) is 52.1 Å². The molecule has 2 N–H and O–H groups in total. The minimum Gasteiger partial charge on any atom is -0.506 e. The molecule has 33 heavy (non-hydrogen) atoms. The van der Waals surface area contributed by atoms with E-state index >= 15 is 0 Å². The van der Waals surface area contributed by atoms with Crippen LogP contribution in [-0.2, 0) is 31.8 Å². The Labute approximate surface area is 195 Å². The molecule has 1 heterocycles. The molecule has 7 heteroatoms. The standard InChI is InChI=1S/C26H33NO6/c1-8-18-12-17(14-22(32-16(3)4)25(30)31-9-2)13-19(23(18)28)15-21-20(10-11-27-21)24(29)33-26(5,6)7/h1,10-13,16,22,27-28H,9,14-15H2,2-7H3. The Bertz CT molecular complexity index is 1020. The summed E-state index contributed by atoms with van der Waals surface area (Å²) in [7, 11) is 0. The van der Waals surface area contributed by atoms with Gasteiger partial charge in [0.25, 0.3) is 0 Å². The quantitative estimate of drug-likeness (QED) is 0.436. The number of benzene rings is 1. The number of carbonyl (C=O) groups excluding carboxylic acids is 2. The lowest BCUT2D eigenvalue weighted by atomic mass is 9.96. The summed E-state index contributed by atoms with van der Waals surface area (Å²) in [5.74, 6) is 1.51. The number of hydrogen-bond donors (Lipinski definition) is 2. The maximum Gasteiger partial charge on any atom is 0.340 e. The van der Waals surface area contributed by atoms with Crippen molar-refractivity contribution < 1.29 is 28.9 Å². The summed E-state index contributed by atoms with van der Waals surface area (Å²) >= 11 is 0. The lowest BCUT2D eigenvalue weighted by Crippen LogP contribution is -2.31. The predicted molar refractivity (Wildman–Crippen MR) is 125 cm³/mol. The first-order valence-electron chi connectivity index (χ1n) is 11.0. The number of hydrogen-bond acceptors (Lipinski definition) is 6. The van der Waals surface area contributed by atoms with Crippen LogP contribution in [0.25, 0.3) is 0 Å². The molecule has 2 rings (SSSR count). The average molecular weight is 456 g/mol. The molecule has 0 bridgehead atoms. The van der Waals surface area contributed by atoms with Crippen molar-refractivity contribution in [3.63, 3.8) is 0 Å². The lowest BCUT2D eigenvalue weighted by molar-refractivity contribution is -0.159. The molecular formula is C26H33NO6. The van der Waals surface area contributed by atoms with Gasteiger partial charge in [0, 0.05) is 30.3 Å². The topological polar surface area (TPSA) is 97.9 Å². The highest BCUT2D eigenvalue weighted by Gasteiger charge is 2.25. The van der Waals surface area contributed by atoms with Crippen molar-refractivity contribution in [2.75, 3.05) is 6.61 Å². The number of aromatic nitrogens is 1. The third-order valence-corrected chi connectivity index (χ3v) is 4.63. The summed E-state index contributed by atoms with van der Waals surface area (Å²) in [5.41, 5.74) is 1.84. The Morgan fingerprint density at radius 1 is 1.24 bits per heavy atom. The molecule has 0 aliphatic carbocycles. The van der Waals surface area contributed by atoms with Crippen molar-refractivity contribution >= 4 is 11.9 Å². The number of terminal acetylenes is 1. The molecule has 0 fully saturated rings. The first-order chi connectivity index (χ1) is 15.4. The van der Waals surface area contributed by atoms with Crippen molar-refractivity contribution in [3.05, 3.63) is 52.3 Å². The first-order valence-corrected chi connectivity index (χ1v) is 11.0. The summed E-state index contributed by atoms with van der Waals surface area (Å²) in [6, 6.07) is 5.05. The van der Waals surface area contributed by atoms with Gasteiger partial charge < -0.3 is 24.3 Å². The maximum absolute atomic E-state index is 12.6. The predicted octanol–water partition coefficient (Wildman–Crippen LogP) is 4.15. The van der Waals surface area contributed by atoms with Crippen LogP contribution >= 0.6 is 0 Å². The molecule has 1 aromatic carbocycles. The number of phenolic OH excluding ortho intramolecular Hbond substituents is 1. The summed E-state index contributed by atoms with van der Waals surface area (Å²) in [6.45, 7) is 11.0. The van der Waals surface area contributed by atoms with Gasteiger partial charge in [-0.05, 0) is 59.2 Å². The van der Waals surface area contributed by atoms with Crippen LogP contribution < -0.4 is 0 Å². The van der Waals surface area contributed by atoms with E-state index in [1.165, 1.54) is 0 Å². The fourth-order valence-corrected chi connectivity index (χ4v) is 3.35. The van der Waals surface area contributed by atoms with E-state index < -0.39 is 23.6 Å². The second-order valence-electron chi connectivity index (χ2n) is 8.97. The van der Waals surface area contributed by atoms with Gasteiger partial charge >= 0.3 is 11.9 Å². The number of ether oxygens (including phenoxy) is 3. The smallest absolute Gasteiger partial charge is 0.340 e. The number of aromatic hydroxyl groups is 1. The van der Waals surface area contributed by atoms with Crippen molar-refractivity contribution in [1.82, 2.24) is 4.98 Å². The van der Waals surface area contributed by atoms with E-state index in [2.05, 4.69) is 10.9 Å². The number of phenols is 1. The minimum atomic E-state index is -0.809. The van der Waals surface area contributed by atoms with Crippen LogP contribution in [0.5, 0.6) is 5.75 Å². The average Bonchev–Trinajstić information content (AvgIpc) is 3.16.